The lowest BCUT2D eigenvalue weighted by molar-refractivity contribution is 0.419. The van der Waals surface area contributed by atoms with Crippen molar-refractivity contribution in [2.45, 2.75) is 26.7 Å². The van der Waals surface area contributed by atoms with E-state index >= 15 is 0 Å². The van der Waals surface area contributed by atoms with Gasteiger partial charge in [0.2, 0.25) is 0 Å². The molecule has 0 aliphatic rings. The summed E-state index contributed by atoms with van der Waals surface area (Å²) in [5.74, 6) is 0.997. The first-order chi connectivity index (χ1) is 8.04. The predicted octanol–water partition coefficient (Wildman–Crippen LogP) is 2.97. The molecular formula is C14H17NO2. The Morgan fingerprint density at radius 2 is 2.00 bits per heavy atom. The minimum Gasteiger partial charge on any atom is -0.496 e. The molecule has 2 aromatic rings. The Morgan fingerprint density at radius 1 is 1.29 bits per heavy atom. The number of aromatic nitrogens is 1. The van der Waals surface area contributed by atoms with Crippen molar-refractivity contribution in [3.8, 4) is 5.75 Å². The van der Waals surface area contributed by atoms with Gasteiger partial charge in [0.25, 0.3) is 5.56 Å². The number of hydrogen-bond acceptors (Lipinski definition) is 2. The molecule has 0 atom stereocenters. The van der Waals surface area contributed by atoms with Gasteiger partial charge < -0.3 is 9.72 Å². The van der Waals surface area contributed by atoms with Crippen LogP contribution in [0.15, 0.2) is 23.0 Å². The molecule has 1 heterocycles. The molecule has 90 valence electrons. The number of rotatable bonds is 2. The zero-order chi connectivity index (χ0) is 12.6. The van der Waals surface area contributed by atoms with Crippen molar-refractivity contribution in [1.29, 1.82) is 0 Å². The van der Waals surface area contributed by atoms with Gasteiger partial charge in [0.1, 0.15) is 5.75 Å². The minimum absolute atomic E-state index is 0.0103. The van der Waals surface area contributed by atoms with E-state index < -0.39 is 0 Å². The molecule has 0 aliphatic heterocycles. The lowest BCUT2D eigenvalue weighted by Crippen LogP contribution is -2.14. The summed E-state index contributed by atoms with van der Waals surface area (Å²) in [7, 11) is 1.64. The lowest BCUT2D eigenvalue weighted by atomic mass is 10.0. The van der Waals surface area contributed by atoms with E-state index in [1.54, 1.807) is 7.11 Å². The molecule has 3 heteroatoms. The Kier molecular flexibility index (Phi) is 2.92. The fourth-order valence-corrected chi connectivity index (χ4v) is 2.03. The number of aromatic amines is 1. The summed E-state index contributed by atoms with van der Waals surface area (Å²) >= 11 is 0. The third-order valence-electron chi connectivity index (χ3n) is 3.06. The van der Waals surface area contributed by atoms with E-state index in [2.05, 4.69) is 4.98 Å². The van der Waals surface area contributed by atoms with Crippen LogP contribution in [0.5, 0.6) is 5.75 Å². The van der Waals surface area contributed by atoms with Crippen molar-refractivity contribution >= 4 is 10.9 Å². The maximum atomic E-state index is 11.9. The number of H-pyrrole nitrogens is 1. The Morgan fingerprint density at radius 3 is 2.59 bits per heavy atom. The maximum absolute atomic E-state index is 11.9. The number of fused-ring (bicyclic) bond motifs is 1. The number of ether oxygens (including phenoxy) is 1. The van der Waals surface area contributed by atoms with Gasteiger partial charge in [-0.15, -0.1) is 0 Å². The van der Waals surface area contributed by atoms with Crippen molar-refractivity contribution in [2.75, 3.05) is 7.11 Å². The molecule has 0 amide bonds. The van der Waals surface area contributed by atoms with Crippen molar-refractivity contribution in [2.24, 2.45) is 0 Å². The Balaban J connectivity index is 2.87. The van der Waals surface area contributed by atoms with Gasteiger partial charge in [-0.1, -0.05) is 19.9 Å². The Labute approximate surface area is 100 Å². The smallest absolute Gasteiger partial charge is 0.251 e. The number of aryl methyl sites for hydroxylation is 1. The van der Waals surface area contributed by atoms with Crippen LogP contribution in [-0.4, -0.2) is 12.1 Å². The second-order valence-corrected chi connectivity index (χ2v) is 4.58. The number of nitrogens with one attached hydrogen (secondary N) is 1. The van der Waals surface area contributed by atoms with E-state index in [9.17, 15) is 4.79 Å². The number of pyridine rings is 1. The normalized spacial score (nSPS) is 11.1. The topological polar surface area (TPSA) is 42.1 Å². The molecular weight excluding hydrogens is 214 g/mol. The van der Waals surface area contributed by atoms with Gasteiger partial charge in [0, 0.05) is 10.9 Å². The summed E-state index contributed by atoms with van der Waals surface area (Å²) < 4.78 is 5.34. The van der Waals surface area contributed by atoms with Crippen LogP contribution in [-0.2, 0) is 0 Å². The number of methoxy groups -OCH3 is 1. The predicted molar refractivity (Wildman–Crippen MR) is 69.9 cm³/mol. The summed E-state index contributed by atoms with van der Waals surface area (Å²) in [6.07, 6.45) is 0. The van der Waals surface area contributed by atoms with Crippen LogP contribution in [0, 0.1) is 6.92 Å². The highest BCUT2D eigenvalue weighted by Gasteiger charge is 2.10. The summed E-state index contributed by atoms with van der Waals surface area (Å²) in [5, 5.41) is 0.968. The SMILES string of the molecule is COc1ccc(C)c2[nH]c(=O)c(C(C)C)cc12. The second-order valence-electron chi connectivity index (χ2n) is 4.58. The zero-order valence-corrected chi connectivity index (χ0v) is 10.6. The number of hydrogen-bond donors (Lipinski definition) is 1. The molecule has 3 nitrogen and oxygen atoms in total. The van der Waals surface area contributed by atoms with Crippen LogP contribution in [0.2, 0.25) is 0 Å². The summed E-state index contributed by atoms with van der Waals surface area (Å²) in [5.41, 5.74) is 2.69. The quantitative estimate of drug-likeness (QED) is 0.863. The van der Waals surface area contributed by atoms with Gasteiger partial charge in [0.15, 0.2) is 0 Å². The van der Waals surface area contributed by atoms with Crippen LogP contribution >= 0.6 is 0 Å². The van der Waals surface area contributed by atoms with Crippen molar-refractivity contribution in [3.63, 3.8) is 0 Å². The van der Waals surface area contributed by atoms with E-state index in [0.29, 0.717) is 0 Å². The van der Waals surface area contributed by atoms with Gasteiger partial charge in [-0.3, -0.25) is 4.79 Å². The molecule has 0 spiro atoms. The van der Waals surface area contributed by atoms with E-state index in [1.807, 2.05) is 39.0 Å². The van der Waals surface area contributed by atoms with Crippen LogP contribution in [0.25, 0.3) is 10.9 Å². The lowest BCUT2D eigenvalue weighted by Gasteiger charge is -2.11. The van der Waals surface area contributed by atoms with Gasteiger partial charge in [0.05, 0.1) is 12.6 Å². The van der Waals surface area contributed by atoms with Crippen molar-refractivity contribution < 1.29 is 4.74 Å². The van der Waals surface area contributed by atoms with Gasteiger partial charge in [-0.25, -0.2) is 0 Å². The van der Waals surface area contributed by atoms with Crippen LogP contribution < -0.4 is 10.3 Å². The van der Waals surface area contributed by atoms with Crippen LogP contribution in [0.4, 0.5) is 0 Å². The van der Waals surface area contributed by atoms with Gasteiger partial charge in [-0.05, 0) is 30.5 Å². The summed E-state index contributed by atoms with van der Waals surface area (Å²) in [4.78, 5) is 14.9. The highest BCUT2D eigenvalue weighted by atomic mass is 16.5. The Bertz CT molecular complexity index is 611. The minimum atomic E-state index is -0.0103. The zero-order valence-electron chi connectivity index (χ0n) is 10.6. The molecule has 1 aromatic carbocycles. The summed E-state index contributed by atoms with van der Waals surface area (Å²) in [6, 6.07) is 5.82. The highest BCUT2D eigenvalue weighted by Crippen LogP contribution is 2.27. The van der Waals surface area contributed by atoms with Crippen LogP contribution in [0.1, 0.15) is 30.9 Å². The molecule has 17 heavy (non-hydrogen) atoms. The molecule has 1 N–H and O–H groups in total. The summed E-state index contributed by atoms with van der Waals surface area (Å²) in [6.45, 7) is 6.00. The van der Waals surface area contributed by atoms with E-state index in [1.165, 1.54) is 0 Å². The standard InChI is InChI=1S/C14H17NO2/c1-8(2)10-7-11-12(17-4)6-5-9(3)13(11)15-14(10)16/h5-8H,1-4H3,(H,15,16). The molecule has 0 aliphatic carbocycles. The van der Waals surface area contributed by atoms with Gasteiger partial charge in [-0.2, -0.15) is 0 Å². The average Bonchev–Trinajstić information content (AvgIpc) is 2.29. The molecule has 0 radical (unpaired) electrons. The van der Waals surface area contributed by atoms with Gasteiger partial charge >= 0.3 is 0 Å². The Hall–Kier alpha value is -1.77. The monoisotopic (exact) mass is 231 g/mol. The fraction of sp³-hybridized carbons (Fsp3) is 0.357. The van der Waals surface area contributed by atoms with Crippen molar-refractivity contribution in [1.82, 2.24) is 4.98 Å². The average molecular weight is 231 g/mol. The largest absolute Gasteiger partial charge is 0.496 e. The third-order valence-corrected chi connectivity index (χ3v) is 3.06. The molecule has 0 unspecified atom stereocenters. The first-order valence-corrected chi connectivity index (χ1v) is 5.75. The van der Waals surface area contributed by atoms with Crippen molar-refractivity contribution in [3.05, 3.63) is 39.7 Å². The maximum Gasteiger partial charge on any atom is 0.251 e. The molecule has 0 saturated heterocycles. The molecule has 0 saturated carbocycles. The molecule has 0 bridgehead atoms. The van der Waals surface area contributed by atoms with E-state index in [-0.39, 0.29) is 11.5 Å². The second kappa shape index (κ2) is 4.24. The van der Waals surface area contributed by atoms with E-state index in [0.717, 1.165) is 27.8 Å². The molecule has 1 aromatic heterocycles. The van der Waals surface area contributed by atoms with E-state index in [4.69, 9.17) is 4.74 Å². The molecule has 0 fully saturated rings. The first-order valence-electron chi connectivity index (χ1n) is 5.75. The molecule has 2 rings (SSSR count). The highest BCUT2D eigenvalue weighted by molar-refractivity contribution is 5.88. The van der Waals surface area contributed by atoms with Crippen LogP contribution in [0.3, 0.4) is 0 Å². The number of benzene rings is 1. The third kappa shape index (κ3) is 1.93. The fourth-order valence-electron chi connectivity index (χ4n) is 2.03. The first kappa shape index (κ1) is 11.7.